The Morgan fingerprint density at radius 1 is 1.29 bits per heavy atom. The molecule has 0 radical (unpaired) electrons. The summed E-state index contributed by atoms with van der Waals surface area (Å²) < 4.78 is 7.75. The standard InChI is InChI=1S/C18H31N3O3/c1-4-24-17-11-16(23)18(17)5-7-20(8-6-18)12-15-13(2)19-21(9-10-22)14(15)3/h16-17,22-23H,4-12H2,1-3H3. The van der Waals surface area contributed by atoms with Gasteiger partial charge in [0.1, 0.15) is 0 Å². The van der Waals surface area contributed by atoms with Crippen molar-refractivity contribution in [2.45, 2.75) is 65.3 Å². The van der Waals surface area contributed by atoms with Crippen molar-refractivity contribution in [1.29, 1.82) is 0 Å². The van der Waals surface area contributed by atoms with Gasteiger partial charge in [-0.3, -0.25) is 9.58 Å². The number of piperidine rings is 1. The normalized spacial score (nSPS) is 26.7. The van der Waals surface area contributed by atoms with Crippen LogP contribution in [-0.2, 0) is 17.8 Å². The number of likely N-dealkylation sites (tertiary alicyclic amines) is 1. The lowest BCUT2D eigenvalue weighted by Gasteiger charge is -2.56. The van der Waals surface area contributed by atoms with E-state index in [4.69, 9.17) is 9.84 Å². The van der Waals surface area contributed by atoms with E-state index >= 15 is 0 Å². The Morgan fingerprint density at radius 3 is 2.58 bits per heavy atom. The molecule has 0 aromatic carbocycles. The number of ether oxygens (including phenoxy) is 1. The smallest absolute Gasteiger partial charge is 0.0681 e. The zero-order valence-corrected chi connectivity index (χ0v) is 15.2. The van der Waals surface area contributed by atoms with Gasteiger partial charge in [0, 0.05) is 36.2 Å². The summed E-state index contributed by atoms with van der Waals surface area (Å²) in [5, 5.41) is 24.0. The highest BCUT2D eigenvalue weighted by molar-refractivity contribution is 5.24. The van der Waals surface area contributed by atoms with Gasteiger partial charge in [-0.15, -0.1) is 0 Å². The summed E-state index contributed by atoms with van der Waals surface area (Å²) in [6.45, 7) is 10.4. The average molecular weight is 337 g/mol. The van der Waals surface area contributed by atoms with Crippen molar-refractivity contribution >= 4 is 0 Å². The molecule has 6 heteroatoms. The topological polar surface area (TPSA) is 70.8 Å². The second-order valence-electron chi connectivity index (χ2n) is 7.30. The minimum Gasteiger partial charge on any atom is -0.394 e. The minimum atomic E-state index is -0.202. The molecule has 1 saturated carbocycles. The molecule has 1 saturated heterocycles. The maximum atomic E-state index is 10.3. The van der Waals surface area contributed by atoms with Gasteiger partial charge in [0.2, 0.25) is 0 Å². The summed E-state index contributed by atoms with van der Waals surface area (Å²) in [5.74, 6) is 0. The second kappa shape index (κ2) is 7.12. The maximum Gasteiger partial charge on any atom is 0.0681 e. The van der Waals surface area contributed by atoms with Crippen LogP contribution in [-0.4, -0.2) is 63.4 Å². The van der Waals surface area contributed by atoms with Crippen LogP contribution in [0.3, 0.4) is 0 Å². The molecular weight excluding hydrogens is 306 g/mol. The molecule has 6 nitrogen and oxygen atoms in total. The van der Waals surface area contributed by atoms with Gasteiger partial charge < -0.3 is 14.9 Å². The van der Waals surface area contributed by atoms with Crippen LogP contribution >= 0.6 is 0 Å². The fourth-order valence-corrected chi connectivity index (χ4v) is 4.44. The summed E-state index contributed by atoms with van der Waals surface area (Å²) in [4.78, 5) is 2.46. The number of aliphatic hydroxyl groups excluding tert-OH is 2. The van der Waals surface area contributed by atoms with E-state index in [-0.39, 0.29) is 24.2 Å². The van der Waals surface area contributed by atoms with E-state index in [1.807, 2.05) is 18.5 Å². The molecule has 0 bridgehead atoms. The summed E-state index contributed by atoms with van der Waals surface area (Å²) >= 11 is 0. The fraction of sp³-hybridized carbons (Fsp3) is 0.833. The van der Waals surface area contributed by atoms with Gasteiger partial charge in [-0.2, -0.15) is 5.10 Å². The van der Waals surface area contributed by atoms with E-state index in [9.17, 15) is 5.11 Å². The number of aromatic nitrogens is 2. The molecule has 1 aliphatic carbocycles. The molecule has 0 amide bonds. The lowest BCUT2D eigenvalue weighted by atomic mass is 9.58. The highest BCUT2D eigenvalue weighted by Gasteiger charge is 2.55. The Labute approximate surface area is 144 Å². The third kappa shape index (κ3) is 3.01. The van der Waals surface area contributed by atoms with E-state index in [0.29, 0.717) is 6.54 Å². The van der Waals surface area contributed by atoms with Gasteiger partial charge in [0.25, 0.3) is 0 Å². The van der Waals surface area contributed by atoms with Gasteiger partial charge in [-0.1, -0.05) is 0 Å². The molecule has 1 aromatic heterocycles. The summed E-state index contributed by atoms with van der Waals surface area (Å²) in [6, 6.07) is 0. The third-order valence-corrected chi connectivity index (χ3v) is 6.12. The van der Waals surface area contributed by atoms with Crippen molar-refractivity contribution in [2.24, 2.45) is 5.41 Å². The van der Waals surface area contributed by atoms with Crippen molar-refractivity contribution in [3.05, 3.63) is 17.0 Å². The van der Waals surface area contributed by atoms with Crippen LogP contribution in [0.25, 0.3) is 0 Å². The first kappa shape index (κ1) is 17.9. The monoisotopic (exact) mass is 337 g/mol. The SMILES string of the molecule is CCOC1CC(O)C12CCN(Cc1c(C)nn(CCO)c1C)CC2. The maximum absolute atomic E-state index is 10.3. The summed E-state index contributed by atoms with van der Waals surface area (Å²) in [5.41, 5.74) is 3.46. The van der Waals surface area contributed by atoms with Crippen LogP contribution in [0.15, 0.2) is 0 Å². The minimum absolute atomic E-state index is 0.0162. The first-order chi connectivity index (χ1) is 11.5. The first-order valence-electron chi connectivity index (χ1n) is 9.17. The molecule has 2 N–H and O–H groups in total. The Balaban J connectivity index is 1.62. The fourth-order valence-electron chi connectivity index (χ4n) is 4.44. The molecule has 1 spiro atoms. The van der Waals surface area contributed by atoms with Gasteiger partial charge >= 0.3 is 0 Å². The number of rotatable bonds is 6. The molecule has 24 heavy (non-hydrogen) atoms. The Kier molecular flexibility index (Phi) is 5.30. The van der Waals surface area contributed by atoms with Crippen molar-refractivity contribution in [3.8, 4) is 0 Å². The average Bonchev–Trinajstić information content (AvgIpc) is 2.83. The zero-order valence-electron chi connectivity index (χ0n) is 15.2. The number of aryl methyl sites for hydroxylation is 1. The largest absolute Gasteiger partial charge is 0.394 e. The summed E-state index contributed by atoms with van der Waals surface area (Å²) in [6.07, 6.45) is 2.83. The van der Waals surface area contributed by atoms with Crippen molar-refractivity contribution in [3.63, 3.8) is 0 Å². The van der Waals surface area contributed by atoms with Crippen LogP contribution in [0.2, 0.25) is 0 Å². The molecule has 1 aromatic rings. The highest BCUT2D eigenvalue weighted by Crippen LogP contribution is 2.51. The van der Waals surface area contributed by atoms with Crippen LogP contribution in [0.4, 0.5) is 0 Å². The molecule has 2 unspecified atom stereocenters. The lowest BCUT2D eigenvalue weighted by Crippen LogP contribution is -2.62. The van der Waals surface area contributed by atoms with Gasteiger partial charge in [0.05, 0.1) is 31.1 Å². The Hall–Kier alpha value is -0.950. The van der Waals surface area contributed by atoms with Crippen LogP contribution in [0.5, 0.6) is 0 Å². The molecule has 2 atom stereocenters. The number of hydrogen-bond acceptors (Lipinski definition) is 5. The quantitative estimate of drug-likeness (QED) is 0.817. The lowest BCUT2D eigenvalue weighted by molar-refractivity contribution is -0.209. The summed E-state index contributed by atoms with van der Waals surface area (Å²) in [7, 11) is 0. The number of hydrogen-bond donors (Lipinski definition) is 2. The molecule has 3 rings (SSSR count). The Bertz CT molecular complexity index is 562. The zero-order chi connectivity index (χ0) is 17.3. The number of aliphatic hydroxyl groups is 2. The highest BCUT2D eigenvalue weighted by atomic mass is 16.5. The molecule has 2 aliphatic rings. The molecule has 2 heterocycles. The van der Waals surface area contributed by atoms with Crippen molar-refractivity contribution in [1.82, 2.24) is 14.7 Å². The van der Waals surface area contributed by atoms with Gasteiger partial charge in [-0.25, -0.2) is 0 Å². The predicted molar refractivity (Wildman–Crippen MR) is 91.8 cm³/mol. The first-order valence-corrected chi connectivity index (χ1v) is 9.17. The van der Waals surface area contributed by atoms with Crippen molar-refractivity contribution in [2.75, 3.05) is 26.3 Å². The van der Waals surface area contributed by atoms with E-state index in [2.05, 4.69) is 16.9 Å². The van der Waals surface area contributed by atoms with E-state index in [0.717, 1.165) is 56.9 Å². The van der Waals surface area contributed by atoms with Gasteiger partial charge in [-0.05, 0) is 46.7 Å². The van der Waals surface area contributed by atoms with Crippen LogP contribution in [0.1, 0.15) is 43.1 Å². The van der Waals surface area contributed by atoms with E-state index < -0.39 is 0 Å². The Morgan fingerprint density at radius 2 is 2.00 bits per heavy atom. The molecule has 2 fully saturated rings. The molecule has 136 valence electrons. The van der Waals surface area contributed by atoms with E-state index in [1.165, 1.54) is 5.56 Å². The second-order valence-corrected chi connectivity index (χ2v) is 7.30. The predicted octanol–water partition coefficient (Wildman–Crippen LogP) is 1.24. The molecular formula is C18H31N3O3. The number of nitrogens with zero attached hydrogens (tertiary/aromatic N) is 3. The third-order valence-electron chi connectivity index (χ3n) is 6.12. The van der Waals surface area contributed by atoms with E-state index in [1.54, 1.807) is 0 Å². The van der Waals surface area contributed by atoms with Crippen LogP contribution in [0, 0.1) is 19.3 Å². The molecule has 1 aliphatic heterocycles. The van der Waals surface area contributed by atoms with Crippen molar-refractivity contribution < 1.29 is 14.9 Å². The van der Waals surface area contributed by atoms with Crippen LogP contribution < -0.4 is 0 Å². The van der Waals surface area contributed by atoms with Gasteiger partial charge in [0.15, 0.2) is 0 Å².